The summed E-state index contributed by atoms with van der Waals surface area (Å²) in [4.78, 5) is 13.2. The highest BCUT2D eigenvalue weighted by molar-refractivity contribution is 7.91. The largest absolute Gasteiger partial charge is 0.478 e. The van der Waals surface area contributed by atoms with Gasteiger partial charge >= 0.3 is 5.97 Å². The first-order valence-corrected chi connectivity index (χ1v) is 8.89. The van der Waals surface area contributed by atoms with Crippen LogP contribution < -0.4 is 0 Å². The van der Waals surface area contributed by atoms with E-state index in [1.807, 2.05) is 0 Å². The molecule has 0 amide bonds. The standard InChI is InChI=1S/C15H21NO4S/c1-2-8-16(13-6-7-13)9-10-21(19,20)14-5-3-4-12(11-14)15(17)18/h3-5,11,13H,2,6-10H2,1H3,(H,17,18). The van der Waals surface area contributed by atoms with Crippen LogP contribution in [0.5, 0.6) is 0 Å². The highest BCUT2D eigenvalue weighted by atomic mass is 32.2. The van der Waals surface area contributed by atoms with Crippen LogP contribution in [-0.4, -0.2) is 49.3 Å². The molecule has 6 heteroatoms. The third-order valence-corrected chi connectivity index (χ3v) is 5.35. The zero-order valence-electron chi connectivity index (χ0n) is 12.2. The van der Waals surface area contributed by atoms with Crippen LogP contribution in [0.1, 0.15) is 36.5 Å². The zero-order chi connectivity index (χ0) is 15.5. The number of rotatable bonds is 8. The van der Waals surface area contributed by atoms with Crippen molar-refractivity contribution in [2.75, 3.05) is 18.8 Å². The average molecular weight is 311 g/mol. The smallest absolute Gasteiger partial charge is 0.335 e. The molecule has 1 saturated carbocycles. The first kappa shape index (κ1) is 16.0. The Bertz CT molecular complexity index is 608. The van der Waals surface area contributed by atoms with Crippen molar-refractivity contribution in [3.8, 4) is 0 Å². The van der Waals surface area contributed by atoms with Gasteiger partial charge in [0.2, 0.25) is 0 Å². The average Bonchev–Trinajstić information content (AvgIpc) is 3.28. The highest BCUT2D eigenvalue weighted by Gasteiger charge is 2.29. The van der Waals surface area contributed by atoms with Crippen molar-refractivity contribution in [3.63, 3.8) is 0 Å². The fraction of sp³-hybridized carbons (Fsp3) is 0.533. The lowest BCUT2D eigenvalue weighted by molar-refractivity contribution is 0.0696. The second-order valence-electron chi connectivity index (χ2n) is 5.42. The summed E-state index contributed by atoms with van der Waals surface area (Å²) in [6.07, 6.45) is 3.30. The van der Waals surface area contributed by atoms with E-state index in [0.29, 0.717) is 12.6 Å². The molecule has 0 aliphatic heterocycles. The van der Waals surface area contributed by atoms with E-state index in [1.54, 1.807) is 0 Å². The molecule has 2 rings (SSSR count). The number of sulfone groups is 1. The minimum absolute atomic E-state index is 0.00341. The van der Waals surface area contributed by atoms with E-state index in [-0.39, 0.29) is 16.2 Å². The molecule has 1 aromatic rings. The molecule has 0 saturated heterocycles. The van der Waals surface area contributed by atoms with Gasteiger partial charge in [0.05, 0.1) is 16.2 Å². The van der Waals surface area contributed by atoms with Crippen LogP contribution in [-0.2, 0) is 9.84 Å². The normalized spacial score (nSPS) is 15.3. The van der Waals surface area contributed by atoms with Crippen molar-refractivity contribution in [2.24, 2.45) is 0 Å². The van der Waals surface area contributed by atoms with Gasteiger partial charge in [0.15, 0.2) is 9.84 Å². The van der Waals surface area contributed by atoms with Gasteiger partial charge in [-0.25, -0.2) is 13.2 Å². The molecule has 21 heavy (non-hydrogen) atoms. The molecule has 5 nitrogen and oxygen atoms in total. The topological polar surface area (TPSA) is 74.7 Å². The third kappa shape index (κ3) is 4.28. The molecular formula is C15H21NO4S. The van der Waals surface area contributed by atoms with E-state index >= 15 is 0 Å². The molecule has 1 aliphatic rings. The molecule has 0 radical (unpaired) electrons. The first-order chi connectivity index (χ1) is 9.94. The van der Waals surface area contributed by atoms with Crippen LogP contribution in [0.2, 0.25) is 0 Å². The predicted molar refractivity (Wildman–Crippen MR) is 80.3 cm³/mol. The minimum Gasteiger partial charge on any atom is -0.478 e. The SMILES string of the molecule is CCCN(CCS(=O)(=O)c1cccc(C(=O)O)c1)C1CC1. The Morgan fingerprint density at radius 3 is 2.62 bits per heavy atom. The molecule has 0 spiro atoms. The quantitative estimate of drug-likeness (QED) is 0.795. The molecule has 116 valence electrons. The Balaban J connectivity index is 2.07. The minimum atomic E-state index is -3.44. The van der Waals surface area contributed by atoms with Crippen molar-refractivity contribution in [1.82, 2.24) is 4.90 Å². The number of carboxylic acid groups (broad SMARTS) is 1. The number of aromatic carboxylic acids is 1. The summed E-state index contributed by atoms with van der Waals surface area (Å²) in [5.41, 5.74) is 0.00341. The Morgan fingerprint density at radius 2 is 2.05 bits per heavy atom. The second-order valence-corrected chi connectivity index (χ2v) is 7.53. The molecule has 0 unspecified atom stereocenters. The zero-order valence-corrected chi connectivity index (χ0v) is 13.0. The van der Waals surface area contributed by atoms with Crippen molar-refractivity contribution in [2.45, 2.75) is 37.1 Å². The highest BCUT2D eigenvalue weighted by Crippen LogP contribution is 2.27. The van der Waals surface area contributed by atoms with Gasteiger partial charge in [-0.1, -0.05) is 13.0 Å². The fourth-order valence-electron chi connectivity index (χ4n) is 2.38. The number of hydrogen-bond acceptors (Lipinski definition) is 4. The maximum Gasteiger partial charge on any atom is 0.335 e. The van der Waals surface area contributed by atoms with Gasteiger partial charge in [0.1, 0.15) is 0 Å². The van der Waals surface area contributed by atoms with E-state index in [0.717, 1.165) is 25.8 Å². The Kier molecular flexibility index (Phi) is 5.00. The number of carbonyl (C=O) groups is 1. The molecule has 1 aliphatic carbocycles. The molecule has 0 atom stereocenters. The molecule has 0 bridgehead atoms. The lowest BCUT2D eigenvalue weighted by Gasteiger charge is -2.20. The van der Waals surface area contributed by atoms with E-state index in [2.05, 4.69) is 11.8 Å². The summed E-state index contributed by atoms with van der Waals surface area (Å²) in [5, 5.41) is 8.94. The van der Waals surface area contributed by atoms with Crippen molar-refractivity contribution in [1.29, 1.82) is 0 Å². The van der Waals surface area contributed by atoms with Crippen LogP contribution >= 0.6 is 0 Å². The van der Waals surface area contributed by atoms with E-state index in [1.165, 1.54) is 24.3 Å². The van der Waals surface area contributed by atoms with Gasteiger partial charge in [-0.2, -0.15) is 0 Å². The van der Waals surface area contributed by atoms with Crippen LogP contribution in [0.3, 0.4) is 0 Å². The van der Waals surface area contributed by atoms with E-state index in [9.17, 15) is 13.2 Å². The van der Waals surface area contributed by atoms with Crippen LogP contribution in [0.4, 0.5) is 0 Å². The number of benzene rings is 1. The van der Waals surface area contributed by atoms with Crippen molar-refractivity contribution < 1.29 is 18.3 Å². The third-order valence-electron chi connectivity index (χ3n) is 3.66. The monoisotopic (exact) mass is 311 g/mol. The van der Waals surface area contributed by atoms with Crippen LogP contribution in [0, 0.1) is 0 Å². The molecule has 0 heterocycles. The summed E-state index contributed by atoms with van der Waals surface area (Å²) < 4.78 is 24.7. The summed E-state index contributed by atoms with van der Waals surface area (Å²) in [5.74, 6) is -1.08. The maximum absolute atomic E-state index is 12.3. The summed E-state index contributed by atoms with van der Waals surface area (Å²) >= 11 is 0. The summed E-state index contributed by atoms with van der Waals surface area (Å²) in [7, 11) is -3.44. The molecule has 0 aromatic heterocycles. The van der Waals surface area contributed by atoms with Crippen LogP contribution in [0.25, 0.3) is 0 Å². The first-order valence-electron chi connectivity index (χ1n) is 7.24. The molecule has 1 fully saturated rings. The summed E-state index contributed by atoms with van der Waals surface area (Å²) in [6, 6.07) is 6.10. The maximum atomic E-state index is 12.3. The van der Waals surface area contributed by atoms with Gasteiger partial charge in [-0.15, -0.1) is 0 Å². The molecule has 1 N–H and O–H groups in total. The Labute approximate surface area is 125 Å². The van der Waals surface area contributed by atoms with Crippen molar-refractivity contribution >= 4 is 15.8 Å². The second kappa shape index (κ2) is 6.58. The van der Waals surface area contributed by atoms with Gasteiger partial charge < -0.3 is 5.11 Å². The number of hydrogen-bond donors (Lipinski definition) is 1. The number of carboxylic acids is 1. The predicted octanol–water partition coefficient (Wildman–Crippen LogP) is 2.03. The van der Waals surface area contributed by atoms with E-state index < -0.39 is 15.8 Å². The van der Waals surface area contributed by atoms with Crippen LogP contribution in [0.15, 0.2) is 29.2 Å². The van der Waals surface area contributed by atoms with Gasteiger partial charge in [-0.05, 0) is 44.0 Å². The van der Waals surface area contributed by atoms with Crippen molar-refractivity contribution in [3.05, 3.63) is 29.8 Å². The molecule has 1 aromatic carbocycles. The Hall–Kier alpha value is -1.40. The van der Waals surface area contributed by atoms with E-state index in [4.69, 9.17) is 5.11 Å². The lowest BCUT2D eigenvalue weighted by Crippen LogP contribution is -2.32. The molecular weight excluding hydrogens is 290 g/mol. The van der Waals surface area contributed by atoms with Gasteiger partial charge in [0, 0.05) is 12.6 Å². The lowest BCUT2D eigenvalue weighted by atomic mass is 10.2. The van der Waals surface area contributed by atoms with Gasteiger partial charge in [0.25, 0.3) is 0 Å². The number of nitrogens with zero attached hydrogens (tertiary/aromatic N) is 1. The van der Waals surface area contributed by atoms with Gasteiger partial charge in [-0.3, -0.25) is 4.90 Å². The fourth-order valence-corrected chi connectivity index (χ4v) is 3.68. The Morgan fingerprint density at radius 1 is 1.33 bits per heavy atom. The summed E-state index contributed by atoms with van der Waals surface area (Å²) in [6.45, 7) is 3.51.